The Bertz CT molecular complexity index is 1330. The lowest BCUT2D eigenvalue weighted by atomic mass is 10.1. The highest BCUT2D eigenvalue weighted by atomic mass is 35.5. The van der Waals surface area contributed by atoms with Gasteiger partial charge in [-0.15, -0.1) is 11.3 Å². The summed E-state index contributed by atoms with van der Waals surface area (Å²) in [7, 11) is -2.30. The van der Waals surface area contributed by atoms with Crippen LogP contribution >= 0.6 is 22.9 Å². The standard InChI is InChI=1S/C23H22ClF3N2O4S2/c1-29-8-7-17(12-29)33-20-10-16(5-6-18(20)23(25,26)27)28-35(31,32)21-11-19(24)22(34-21)15-4-2-3-14(9-15)13-30/h2-6,9-11,17,28,30H,7-8,12-13H2,1H3. The number of sulfonamides is 1. The molecule has 0 aliphatic carbocycles. The van der Waals surface area contributed by atoms with Gasteiger partial charge in [0, 0.05) is 19.2 Å². The minimum absolute atomic E-state index is 0.0623. The highest BCUT2D eigenvalue weighted by Gasteiger charge is 2.36. The predicted octanol–water partition coefficient (Wildman–Crippen LogP) is 5.46. The largest absolute Gasteiger partial charge is 0.488 e. The lowest BCUT2D eigenvalue weighted by molar-refractivity contribution is -0.139. The zero-order valence-electron chi connectivity index (χ0n) is 18.5. The van der Waals surface area contributed by atoms with E-state index in [1.165, 1.54) is 6.07 Å². The van der Waals surface area contributed by atoms with E-state index in [9.17, 15) is 26.7 Å². The SMILES string of the molecule is CN1CCC(Oc2cc(NS(=O)(=O)c3cc(Cl)c(-c4cccc(CO)c4)s3)ccc2C(F)(F)F)C1. The number of hydrogen-bond donors (Lipinski definition) is 2. The highest BCUT2D eigenvalue weighted by Crippen LogP contribution is 2.41. The Morgan fingerprint density at radius 1 is 1.23 bits per heavy atom. The molecule has 6 nitrogen and oxygen atoms in total. The summed E-state index contributed by atoms with van der Waals surface area (Å²) in [5, 5.41) is 9.55. The van der Waals surface area contributed by atoms with Gasteiger partial charge >= 0.3 is 6.18 Å². The maximum Gasteiger partial charge on any atom is 0.419 e. The molecular formula is C23H22ClF3N2O4S2. The molecular weight excluding hydrogens is 525 g/mol. The number of benzene rings is 2. The van der Waals surface area contributed by atoms with Crippen LogP contribution in [0.1, 0.15) is 17.5 Å². The fourth-order valence-corrected chi connectivity index (χ4v) is 6.65. The van der Waals surface area contributed by atoms with Gasteiger partial charge in [-0.3, -0.25) is 4.72 Å². The van der Waals surface area contributed by atoms with Crippen LogP contribution in [0, 0.1) is 0 Å². The Morgan fingerprint density at radius 3 is 2.66 bits per heavy atom. The van der Waals surface area contributed by atoms with Crippen molar-refractivity contribution < 1.29 is 31.4 Å². The maximum absolute atomic E-state index is 13.5. The van der Waals surface area contributed by atoms with Crippen molar-refractivity contribution in [3.8, 4) is 16.2 Å². The van der Waals surface area contributed by atoms with E-state index in [0.717, 1.165) is 29.5 Å². The number of halogens is 4. The van der Waals surface area contributed by atoms with E-state index in [1.807, 2.05) is 11.9 Å². The molecule has 0 amide bonds. The van der Waals surface area contributed by atoms with Crippen LogP contribution in [-0.2, 0) is 22.8 Å². The van der Waals surface area contributed by atoms with Gasteiger partial charge in [0.2, 0.25) is 0 Å². The normalized spacial score (nSPS) is 17.0. The first-order valence-corrected chi connectivity index (χ1v) is 13.2. The second kappa shape index (κ2) is 9.98. The summed E-state index contributed by atoms with van der Waals surface area (Å²) >= 11 is 7.21. The van der Waals surface area contributed by atoms with Gasteiger partial charge in [0.15, 0.2) is 0 Å². The smallest absolute Gasteiger partial charge is 0.419 e. The van der Waals surface area contributed by atoms with Crippen LogP contribution in [0.3, 0.4) is 0 Å². The van der Waals surface area contributed by atoms with Crippen LogP contribution < -0.4 is 9.46 Å². The van der Waals surface area contributed by atoms with E-state index in [4.69, 9.17) is 16.3 Å². The molecule has 1 saturated heterocycles. The van der Waals surface area contributed by atoms with Crippen LogP contribution in [0.15, 0.2) is 52.7 Å². The molecule has 35 heavy (non-hydrogen) atoms. The summed E-state index contributed by atoms with van der Waals surface area (Å²) in [5.41, 5.74) is 0.243. The third kappa shape index (κ3) is 5.92. The first-order chi connectivity index (χ1) is 16.5. The molecule has 4 rings (SSSR count). The summed E-state index contributed by atoms with van der Waals surface area (Å²) in [6, 6.07) is 11.1. The van der Waals surface area contributed by atoms with Crippen LogP contribution in [0.25, 0.3) is 10.4 Å². The molecule has 2 N–H and O–H groups in total. The monoisotopic (exact) mass is 546 g/mol. The fraction of sp³-hybridized carbons (Fsp3) is 0.304. The molecule has 1 aliphatic rings. The summed E-state index contributed by atoms with van der Waals surface area (Å²) < 4.78 is 74.5. The number of aliphatic hydroxyl groups is 1. The first kappa shape index (κ1) is 25.8. The van der Waals surface area contributed by atoms with E-state index in [2.05, 4.69) is 4.72 Å². The van der Waals surface area contributed by atoms with Gasteiger partial charge in [-0.05, 0) is 48.9 Å². The van der Waals surface area contributed by atoms with Gasteiger partial charge in [-0.25, -0.2) is 8.42 Å². The van der Waals surface area contributed by atoms with Gasteiger partial charge in [-0.2, -0.15) is 13.2 Å². The molecule has 1 aliphatic heterocycles. The quantitative estimate of drug-likeness (QED) is 0.411. The van der Waals surface area contributed by atoms with Crippen molar-refractivity contribution in [2.24, 2.45) is 0 Å². The molecule has 0 radical (unpaired) electrons. The summed E-state index contributed by atoms with van der Waals surface area (Å²) in [6.07, 6.45) is -4.52. The average Bonchev–Trinajstić information content (AvgIpc) is 3.38. The molecule has 188 valence electrons. The number of nitrogens with one attached hydrogen (secondary N) is 1. The molecule has 1 atom stereocenters. The summed E-state index contributed by atoms with van der Waals surface area (Å²) in [5.74, 6) is -0.427. The molecule has 12 heteroatoms. The van der Waals surface area contributed by atoms with Crippen molar-refractivity contribution in [1.29, 1.82) is 0 Å². The minimum Gasteiger partial charge on any atom is -0.488 e. The second-order valence-electron chi connectivity index (χ2n) is 8.21. The number of aliphatic hydroxyl groups excluding tert-OH is 1. The minimum atomic E-state index is -4.66. The summed E-state index contributed by atoms with van der Waals surface area (Å²) in [4.78, 5) is 2.43. The van der Waals surface area contributed by atoms with Crippen LogP contribution in [0.5, 0.6) is 5.75 Å². The first-order valence-electron chi connectivity index (χ1n) is 10.5. The van der Waals surface area contributed by atoms with Gasteiger partial charge < -0.3 is 14.7 Å². The van der Waals surface area contributed by atoms with E-state index < -0.39 is 33.6 Å². The fourth-order valence-electron chi connectivity index (χ4n) is 3.78. The average molecular weight is 547 g/mol. The zero-order valence-corrected chi connectivity index (χ0v) is 20.9. The number of rotatable bonds is 7. The van der Waals surface area contributed by atoms with Crippen molar-refractivity contribution >= 4 is 38.6 Å². The number of thiophene rings is 1. The number of likely N-dealkylation sites (tertiary alicyclic amines) is 1. The Labute approximate surface area is 210 Å². The van der Waals surface area contributed by atoms with E-state index in [1.54, 1.807) is 24.3 Å². The number of likely N-dealkylation sites (N-methyl/N-ethyl adjacent to an activating group) is 1. The molecule has 1 unspecified atom stereocenters. The Kier molecular flexibility index (Phi) is 7.35. The molecule has 0 spiro atoms. The van der Waals surface area contributed by atoms with Crippen LogP contribution in [-0.4, -0.2) is 44.7 Å². The third-order valence-electron chi connectivity index (χ3n) is 5.48. The Morgan fingerprint density at radius 2 is 2.00 bits per heavy atom. The van der Waals surface area contributed by atoms with Crippen molar-refractivity contribution in [3.05, 3.63) is 64.7 Å². The second-order valence-corrected chi connectivity index (χ2v) is 11.6. The van der Waals surface area contributed by atoms with Gasteiger partial charge in [-0.1, -0.05) is 29.8 Å². The van der Waals surface area contributed by atoms with Gasteiger partial charge in [0.25, 0.3) is 10.0 Å². The molecule has 2 aromatic carbocycles. The van der Waals surface area contributed by atoms with Crippen LogP contribution in [0.4, 0.5) is 18.9 Å². The molecule has 2 heterocycles. The Hall–Kier alpha value is -2.31. The molecule has 3 aromatic rings. The number of ether oxygens (including phenoxy) is 1. The maximum atomic E-state index is 13.5. The number of hydrogen-bond acceptors (Lipinski definition) is 6. The van der Waals surface area contributed by atoms with Crippen molar-refractivity contribution in [2.45, 2.75) is 29.5 Å². The number of alkyl halides is 3. The lowest BCUT2D eigenvalue weighted by Gasteiger charge is -2.19. The molecule has 1 fully saturated rings. The third-order valence-corrected chi connectivity index (χ3v) is 8.93. The van der Waals surface area contributed by atoms with Crippen LogP contribution in [0.2, 0.25) is 5.02 Å². The topological polar surface area (TPSA) is 78.9 Å². The van der Waals surface area contributed by atoms with Gasteiger partial charge in [0.05, 0.1) is 27.8 Å². The Balaban J connectivity index is 1.62. The molecule has 0 bridgehead atoms. The van der Waals surface area contributed by atoms with E-state index in [-0.39, 0.29) is 21.5 Å². The van der Waals surface area contributed by atoms with Crippen molar-refractivity contribution in [3.63, 3.8) is 0 Å². The summed E-state index contributed by atoms with van der Waals surface area (Å²) in [6.45, 7) is 0.987. The van der Waals surface area contributed by atoms with Crippen molar-refractivity contribution in [2.75, 3.05) is 24.9 Å². The highest BCUT2D eigenvalue weighted by molar-refractivity contribution is 7.94. The zero-order chi connectivity index (χ0) is 25.4. The number of nitrogens with zero attached hydrogens (tertiary/aromatic N) is 1. The predicted molar refractivity (Wildman–Crippen MR) is 129 cm³/mol. The van der Waals surface area contributed by atoms with E-state index >= 15 is 0 Å². The lowest BCUT2D eigenvalue weighted by Crippen LogP contribution is -2.23. The van der Waals surface area contributed by atoms with Crippen molar-refractivity contribution in [1.82, 2.24) is 4.90 Å². The molecule has 0 saturated carbocycles. The number of anilines is 1. The van der Waals surface area contributed by atoms with Gasteiger partial charge in [0.1, 0.15) is 16.1 Å². The van der Waals surface area contributed by atoms with E-state index in [0.29, 0.717) is 35.5 Å². The molecule has 1 aromatic heterocycles.